The minimum atomic E-state index is -0.476. The van der Waals surface area contributed by atoms with E-state index >= 15 is 0 Å². The molecule has 2 aromatic carbocycles. The number of hydrogen-bond acceptors (Lipinski definition) is 4. The number of benzene rings is 2. The predicted molar refractivity (Wildman–Crippen MR) is 98.2 cm³/mol. The SMILES string of the molecule is C[C@H]1SC2=NC3=C(c4ccccc4C3=O)[C@H](c3ccc(F)cc3)N2C1=O. The van der Waals surface area contributed by atoms with Gasteiger partial charge < -0.3 is 0 Å². The number of Topliss-reactive ketones (excluding diaryl/α,β-unsaturated/α-hetero) is 1. The fraction of sp³-hybridized carbons (Fsp3) is 0.150. The lowest BCUT2D eigenvalue weighted by Crippen LogP contribution is -2.38. The highest BCUT2D eigenvalue weighted by Gasteiger charge is 2.48. The fourth-order valence-electron chi connectivity index (χ4n) is 3.74. The highest BCUT2D eigenvalue weighted by Crippen LogP contribution is 2.50. The van der Waals surface area contributed by atoms with E-state index in [0.29, 0.717) is 16.4 Å². The number of aliphatic imine (C=N–C) groups is 1. The van der Waals surface area contributed by atoms with Crippen molar-refractivity contribution >= 4 is 34.2 Å². The van der Waals surface area contributed by atoms with E-state index in [2.05, 4.69) is 4.99 Å². The van der Waals surface area contributed by atoms with Gasteiger partial charge in [-0.1, -0.05) is 48.2 Å². The van der Waals surface area contributed by atoms with Gasteiger partial charge >= 0.3 is 0 Å². The topological polar surface area (TPSA) is 49.7 Å². The number of rotatable bonds is 1. The second kappa shape index (κ2) is 5.38. The van der Waals surface area contributed by atoms with Crippen LogP contribution in [0.15, 0.2) is 59.2 Å². The minimum Gasteiger partial charge on any atom is -0.287 e. The Hall–Kier alpha value is -2.73. The van der Waals surface area contributed by atoms with Crippen LogP contribution in [0.4, 0.5) is 4.39 Å². The van der Waals surface area contributed by atoms with Crippen molar-refractivity contribution in [1.82, 2.24) is 4.90 Å². The number of nitrogens with zero attached hydrogens (tertiary/aromatic N) is 2. The van der Waals surface area contributed by atoms with E-state index in [9.17, 15) is 14.0 Å². The molecule has 4 nitrogen and oxygen atoms in total. The maximum absolute atomic E-state index is 13.5. The second-order valence-corrected chi connectivity index (χ2v) is 7.76. The molecule has 0 N–H and O–H groups in total. The number of amidine groups is 1. The highest BCUT2D eigenvalue weighted by atomic mass is 32.2. The van der Waals surface area contributed by atoms with Crippen LogP contribution < -0.4 is 0 Å². The van der Waals surface area contributed by atoms with Crippen molar-refractivity contribution < 1.29 is 14.0 Å². The molecule has 1 aliphatic carbocycles. The molecule has 2 heterocycles. The van der Waals surface area contributed by atoms with Crippen LogP contribution in [0.5, 0.6) is 0 Å². The molecule has 2 aliphatic heterocycles. The van der Waals surface area contributed by atoms with E-state index in [0.717, 1.165) is 16.7 Å². The molecular weight excluding hydrogens is 351 g/mol. The number of thioether (sulfide) groups is 1. The Kier molecular flexibility index (Phi) is 3.21. The Morgan fingerprint density at radius 3 is 2.46 bits per heavy atom. The van der Waals surface area contributed by atoms with Gasteiger partial charge in [-0.25, -0.2) is 9.38 Å². The van der Waals surface area contributed by atoms with Gasteiger partial charge in [0.25, 0.3) is 0 Å². The zero-order chi connectivity index (χ0) is 18.0. The van der Waals surface area contributed by atoms with Crippen LogP contribution in [0.3, 0.4) is 0 Å². The summed E-state index contributed by atoms with van der Waals surface area (Å²) in [7, 11) is 0. The molecule has 0 unspecified atom stereocenters. The molecule has 5 rings (SSSR count). The Bertz CT molecular complexity index is 1040. The summed E-state index contributed by atoms with van der Waals surface area (Å²) in [6.07, 6.45) is 0. The lowest BCUT2D eigenvalue weighted by Gasteiger charge is -2.32. The molecule has 2 atom stereocenters. The molecule has 6 heteroatoms. The van der Waals surface area contributed by atoms with Crippen molar-refractivity contribution in [2.45, 2.75) is 18.2 Å². The number of carbonyl (C=O) groups excluding carboxylic acids is 2. The number of ketones is 1. The Morgan fingerprint density at radius 2 is 1.73 bits per heavy atom. The standard InChI is InChI=1S/C20H13FN2O2S/c1-10-19(25)23-17(11-6-8-12(21)9-7-11)15-13-4-2-3-5-14(13)18(24)16(15)22-20(23)26-10/h2-10,17H,1H3/t10-,17+/m1/s1. The minimum absolute atomic E-state index is 0.0496. The third-order valence-electron chi connectivity index (χ3n) is 4.93. The summed E-state index contributed by atoms with van der Waals surface area (Å²) >= 11 is 1.35. The Morgan fingerprint density at radius 1 is 1.04 bits per heavy atom. The van der Waals surface area contributed by atoms with Crippen LogP contribution in [0.25, 0.3) is 5.57 Å². The summed E-state index contributed by atoms with van der Waals surface area (Å²) in [5.41, 5.74) is 3.27. The van der Waals surface area contributed by atoms with Gasteiger partial charge in [0, 0.05) is 11.1 Å². The smallest absolute Gasteiger partial charge is 0.242 e. The number of allylic oxidation sites excluding steroid dienone is 1. The van der Waals surface area contributed by atoms with Crippen LogP contribution in [0.1, 0.15) is 34.5 Å². The summed E-state index contributed by atoms with van der Waals surface area (Å²) in [6, 6.07) is 13.0. The quantitative estimate of drug-likeness (QED) is 0.773. The number of fused-ring (bicyclic) bond motifs is 3. The van der Waals surface area contributed by atoms with Gasteiger partial charge in [0.2, 0.25) is 11.7 Å². The van der Waals surface area contributed by atoms with Gasteiger partial charge in [-0.15, -0.1) is 0 Å². The van der Waals surface area contributed by atoms with Crippen molar-refractivity contribution in [2.75, 3.05) is 0 Å². The van der Waals surface area contributed by atoms with Gasteiger partial charge in [-0.05, 0) is 30.2 Å². The molecule has 128 valence electrons. The number of halogens is 1. The normalized spacial score (nSPS) is 23.8. The Labute approximate surface area is 153 Å². The van der Waals surface area contributed by atoms with Gasteiger partial charge in [-0.2, -0.15) is 0 Å². The van der Waals surface area contributed by atoms with Crippen molar-refractivity contribution in [3.8, 4) is 0 Å². The maximum atomic E-state index is 13.5. The molecule has 0 spiro atoms. The summed E-state index contributed by atoms with van der Waals surface area (Å²) in [5, 5.41) is 0.277. The molecule has 0 radical (unpaired) electrons. The zero-order valence-corrected chi connectivity index (χ0v) is 14.6. The molecule has 2 aromatic rings. The average Bonchev–Trinajstić information content (AvgIpc) is 3.09. The predicted octanol–water partition coefficient (Wildman–Crippen LogP) is 3.81. The first-order chi connectivity index (χ1) is 12.6. The summed E-state index contributed by atoms with van der Waals surface area (Å²) in [4.78, 5) is 31.9. The lowest BCUT2D eigenvalue weighted by atomic mass is 9.91. The van der Waals surface area contributed by atoms with Gasteiger partial charge in [0.15, 0.2) is 5.17 Å². The zero-order valence-electron chi connectivity index (χ0n) is 13.8. The van der Waals surface area contributed by atoms with Crippen LogP contribution in [0, 0.1) is 5.82 Å². The van der Waals surface area contributed by atoms with Crippen LogP contribution in [-0.2, 0) is 4.79 Å². The van der Waals surface area contributed by atoms with Crippen molar-refractivity contribution in [1.29, 1.82) is 0 Å². The van der Waals surface area contributed by atoms with Crippen LogP contribution in [-0.4, -0.2) is 27.0 Å². The van der Waals surface area contributed by atoms with E-state index < -0.39 is 6.04 Å². The van der Waals surface area contributed by atoms with Crippen LogP contribution in [0.2, 0.25) is 0 Å². The summed E-state index contributed by atoms with van der Waals surface area (Å²) in [5.74, 6) is -0.514. The summed E-state index contributed by atoms with van der Waals surface area (Å²) in [6.45, 7) is 1.83. The van der Waals surface area contributed by atoms with E-state index in [1.165, 1.54) is 23.9 Å². The largest absolute Gasteiger partial charge is 0.287 e. The molecule has 1 fully saturated rings. The number of amides is 1. The van der Waals surface area contributed by atoms with Crippen molar-refractivity contribution in [3.63, 3.8) is 0 Å². The van der Waals surface area contributed by atoms with E-state index in [-0.39, 0.29) is 22.8 Å². The molecule has 1 amide bonds. The van der Waals surface area contributed by atoms with Crippen molar-refractivity contribution in [3.05, 3.63) is 76.7 Å². The highest BCUT2D eigenvalue weighted by molar-refractivity contribution is 8.15. The first kappa shape index (κ1) is 15.5. The third-order valence-corrected chi connectivity index (χ3v) is 5.98. The molecular formula is C20H13FN2O2S. The lowest BCUT2D eigenvalue weighted by molar-refractivity contribution is -0.126. The van der Waals surface area contributed by atoms with Gasteiger partial charge in [-0.3, -0.25) is 14.5 Å². The number of carbonyl (C=O) groups is 2. The molecule has 1 saturated heterocycles. The van der Waals surface area contributed by atoms with E-state index in [1.807, 2.05) is 25.1 Å². The van der Waals surface area contributed by atoms with Gasteiger partial charge in [0.1, 0.15) is 11.5 Å². The monoisotopic (exact) mass is 364 g/mol. The van der Waals surface area contributed by atoms with Gasteiger partial charge in [0.05, 0.1) is 11.3 Å². The first-order valence-corrected chi connectivity index (χ1v) is 9.16. The molecule has 3 aliphatic rings. The third kappa shape index (κ3) is 1.99. The van der Waals surface area contributed by atoms with E-state index in [4.69, 9.17) is 0 Å². The van der Waals surface area contributed by atoms with Crippen molar-refractivity contribution in [2.24, 2.45) is 4.99 Å². The Balaban J connectivity index is 1.77. The van der Waals surface area contributed by atoms with E-state index in [1.54, 1.807) is 23.1 Å². The van der Waals surface area contributed by atoms with Crippen LogP contribution >= 0.6 is 11.8 Å². The maximum Gasteiger partial charge on any atom is 0.242 e. The fourth-order valence-corrected chi connectivity index (χ4v) is 4.72. The molecule has 0 aromatic heterocycles. The first-order valence-electron chi connectivity index (χ1n) is 8.28. The average molecular weight is 364 g/mol. The molecule has 0 bridgehead atoms. The number of hydrogen-bond donors (Lipinski definition) is 0. The molecule has 0 saturated carbocycles. The molecule has 26 heavy (non-hydrogen) atoms. The summed E-state index contributed by atoms with van der Waals surface area (Å²) < 4.78 is 13.5. The second-order valence-electron chi connectivity index (χ2n) is 6.45.